The molecular weight excluding hydrogens is 363 g/mol. The van der Waals surface area contributed by atoms with Crippen LogP contribution in [-0.2, 0) is 0 Å². The zero-order valence-corrected chi connectivity index (χ0v) is 14.4. The molecular formula is C21H13FN2O4. The number of ether oxygens (including phenoxy) is 1. The van der Waals surface area contributed by atoms with Gasteiger partial charge >= 0.3 is 5.63 Å². The Balaban J connectivity index is 1.49. The van der Waals surface area contributed by atoms with Crippen LogP contribution in [0.1, 0.15) is 10.4 Å². The zero-order valence-electron chi connectivity index (χ0n) is 14.4. The highest BCUT2D eigenvalue weighted by Crippen LogP contribution is 2.21. The summed E-state index contributed by atoms with van der Waals surface area (Å²) in [4.78, 5) is 28.6. The van der Waals surface area contributed by atoms with Crippen LogP contribution in [-0.4, -0.2) is 10.9 Å². The summed E-state index contributed by atoms with van der Waals surface area (Å²) < 4.78 is 23.6. The van der Waals surface area contributed by atoms with Crippen LogP contribution in [0.2, 0.25) is 0 Å². The van der Waals surface area contributed by atoms with Gasteiger partial charge in [0.25, 0.3) is 5.91 Å². The second-order valence-corrected chi connectivity index (χ2v) is 5.88. The molecule has 7 heteroatoms. The fourth-order valence-electron chi connectivity index (χ4n) is 2.56. The maximum atomic E-state index is 12.9. The van der Waals surface area contributed by atoms with Gasteiger partial charge in [-0.25, -0.2) is 14.2 Å². The summed E-state index contributed by atoms with van der Waals surface area (Å²) in [5.74, 6) is -0.265. The Morgan fingerprint density at radius 2 is 1.82 bits per heavy atom. The largest absolute Gasteiger partial charge is 0.439 e. The van der Waals surface area contributed by atoms with E-state index in [0.717, 1.165) is 0 Å². The van der Waals surface area contributed by atoms with Gasteiger partial charge in [0, 0.05) is 11.5 Å². The van der Waals surface area contributed by atoms with Gasteiger partial charge in [-0.05, 0) is 42.5 Å². The highest BCUT2D eigenvalue weighted by atomic mass is 19.1. The molecule has 0 aliphatic heterocycles. The lowest BCUT2D eigenvalue weighted by Gasteiger charge is -2.07. The third-order valence-electron chi connectivity index (χ3n) is 3.92. The third kappa shape index (κ3) is 3.73. The van der Waals surface area contributed by atoms with Crippen LogP contribution < -0.4 is 15.7 Å². The molecule has 138 valence electrons. The zero-order chi connectivity index (χ0) is 19.5. The monoisotopic (exact) mass is 376 g/mol. The van der Waals surface area contributed by atoms with Crippen molar-refractivity contribution in [2.45, 2.75) is 0 Å². The van der Waals surface area contributed by atoms with Gasteiger partial charge in [0.05, 0.1) is 11.9 Å². The summed E-state index contributed by atoms with van der Waals surface area (Å²) in [7, 11) is 0. The molecule has 0 aliphatic carbocycles. The number of pyridine rings is 1. The number of nitrogens with zero attached hydrogens (tertiary/aromatic N) is 1. The Morgan fingerprint density at radius 1 is 1.04 bits per heavy atom. The third-order valence-corrected chi connectivity index (χ3v) is 3.92. The van der Waals surface area contributed by atoms with Crippen molar-refractivity contribution in [1.82, 2.24) is 4.98 Å². The molecule has 2 heterocycles. The van der Waals surface area contributed by atoms with Crippen LogP contribution in [0.15, 0.2) is 82.1 Å². The number of aromatic nitrogens is 1. The molecule has 4 rings (SSSR count). The average Bonchev–Trinajstić information content (AvgIpc) is 2.70. The van der Waals surface area contributed by atoms with Crippen LogP contribution in [0.25, 0.3) is 11.0 Å². The molecule has 0 unspecified atom stereocenters. The Kier molecular flexibility index (Phi) is 4.55. The number of nitrogens with one attached hydrogen (secondary N) is 1. The first-order valence-electron chi connectivity index (χ1n) is 8.32. The number of amides is 1. The SMILES string of the molecule is O=C(Nc1ccc(Oc2ccc(F)cc2)nc1)c1cc2ccccc2oc1=O. The first kappa shape index (κ1) is 17.4. The summed E-state index contributed by atoms with van der Waals surface area (Å²) in [6, 6.07) is 17.0. The van der Waals surface area contributed by atoms with Gasteiger partial charge in [0.15, 0.2) is 0 Å². The smallest absolute Gasteiger partial charge is 0.349 e. The second kappa shape index (κ2) is 7.32. The highest BCUT2D eigenvalue weighted by Gasteiger charge is 2.14. The van der Waals surface area contributed by atoms with Crippen LogP contribution in [0.4, 0.5) is 10.1 Å². The van der Waals surface area contributed by atoms with Crippen molar-refractivity contribution in [2.75, 3.05) is 5.32 Å². The van der Waals surface area contributed by atoms with E-state index in [-0.39, 0.29) is 17.3 Å². The Labute approximate surface area is 158 Å². The number of para-hydroxylation sites is 1. The number of rotatable bonds is 4. The Hall–Kier alpha value is -4.00. The van der Waals surface area contributed by atoms with Crippen LogP contribution in [0.3, 0.4) is 0 Å². The van der Waals surface area contributed by atoms with E-state index in [4.69, 9.17) is 9.15 Å². The molecule has 6 nitrogen and oxygen atoms in total. The molecule has 0 spiro atoms. The summed E-state index contributed by atoms with van der Waals surface area (Å²) in [6.07, 6.45) is 1.39. The minimum atomic E-state index is -0.722. The van der Waals surface area contributed by atoms with Crippen molar-refractivity contribution in [3.8, 4) is 11.6 Å². The lowest BCUT2D eigenvalue weighted by molar-refractivity contribution is 0.102. The fraction of sp³-hybridized carbons (Fsp3) is 0. The quantitative estimate of drug-likeness (QED) is 0.535. The number of hydrogen-bond acceptors (Lipinski definition) is 5. The first-order valence-corrected chi connectivity index (χ1v) is 8.32. The molecule has 0 bridgehead atoms. The Bertz CT molecular complexity index is 1200. The van der Waals surface area contributed by atoms with Gasteiger partial charge in [-0.1, -0.05) is 18.2 Å². The normalized spacial score (nSPS) is 10.6. The van der Waals surface area contributed by atoms with E-state index < -0.39 is 11.5 Å². The van der Waals surface area contributed by atoms with Gasteiger partial charge in [-0.15, -0.1) is 0 Å². The van der Waals surface area contributed by atoms with Crippen molar-refractivity contribution >= 4 is 22.6 Å². The fourth-order valence-corrected chi connectivity index (χ4v) is 2.56. The van der Waals surface area contributed by atoms with Crippen molar-refractivity contribution in [1.29, 1.82) is 0 Å². The predicted molar refractivity (Wildman–Crippen MR) is 101 cm³/mol. The standard InChI is InChI=1S/C21H13FN2O4/c22-14-5-8-16(9-6-14)27-19-10-7-15(12-23-19)24-20(25)17-11-13-3-1-2-4-18(13)28-21(17)26/h1-12H,(H,24,25). The minimum Gasteiger partial charge on any atom is -0.439 e. The minimum absolute atomic E-state index is 0.106. The summed E-state index contributed by atoms with van der Waals surface area (Å²) in [6.45, 7) is 0. The number of fused-ring (bicyclic) bond motifs is 1. The molecule has 0 radical (unpaired) electrons. The lowest BCUT2D eigenvalue weighted by atomic mass is 10.2. The summed E-state index contributed by atoms with van der Waals surface area (Å²) in [5.41, 5.74) is -0.0391. The van der Waals surface area contributed by atoms with Crippen LogP contribution in [0, 0.1) is 5.82 Å². The molecule has 28 heavy (non-hydrogen) atoms. The molecule has 2 aromatic carbocycles. The molecule has 0 saturated heterocycles. The van der Waals surface area contributed by atoms with Gasteiger partial charge in [0.2, 0.25) is 5.88 Å². The topological polar surface area (TPSA) is 81.4 Å². The molecule has 0 atom stereocenters. The molecule has 2 aromatic heterocycles. The van der Waals surface area contributed by atoms with Gasteiger partial charge in [0.1, 0.15) is 22.7 Å². The number of anilines is 1. The molecule has 1 N–H and O–H groups in total. The Morgan fingerprint density at radius 3 is 2.57 bits per heavy atom. The predicted octanol–water partition coefficient (Wildman–Crippen LogP) is 4.37. The van der Waals surface area contributed by atoms with E-state index in [9.17, 15) is 14.0 Å². The second-order valence-electron chi connectivity index (χ2n) is 5.88. The van der Waals surface area contributed by atoms with Crippen LogP contribution >= 0.6 is 0 Å². The van der Waals surface area contributed by atoms with E-state index in [1.165, 1.54) is 36.5 Å². The van der Waals surface area contributed by atoms with E-state index in [0.29, 0.717) is 22.4 Å². The number of carbonyl (C=O) groups excluding carboxylic acids is 1. The van der Waals surface area contributed by atoms with Gasteiger partial charge in [-0.3, -0.25) is 4.79 Å². The highest BCUT2D eigenvalue weighted by molar-refractivity contribution is 6.05. The van der Waals surface area contributed by atoms with E-state index in [1.807, 2.05) is 0 Å². The molecule has 0 saturated carbocycles. The van der Waals surface area contributed by atoms with Gasteiger partial charge in [-0.2, -0.15) is 0 Å². The average molecular weight is 376 g/mol. The van der Waals surface area contributed by atoms with Crippen molar-refractivity contribution in [3.05, 3.63) is 94.7 Å². The lowest BCUT2D eigenvalue weighted by Crippen LogP contribution is -2.20. The van der Waals surface area contributed by atoms with Gasteiger partial charge < -0.3 is 14.5 Å². The summed E-state index contributed by atoms with van der Waals surface area (Å²) in [5, 5.41) is 3.24. The van der Waals surface area contributed by atoms with Crippen molar-refractivity contribution < 1.29 is 18.3 Å². The molecule has 4 aromatic rings. The first-order chi connectivity index (χ1) is 13.6. The molecule has 1 amide bonds. The number of benzene rings is 2. The molecule has 0 fully saturated rings. The maximum absolute atomic E-state index is 12.9. The van der Waals surface area contributed by atoms with E-state index in [1.54, 1.807) is 36.4 Å². The number of halogens is 1. The molecule has 0 aliphatic rings. The van der Waals surface area contributed by atoms with Crippen molar-refractivity contribution in [2.24, 2.45) is 0 Å². The number of carbonyl (C=O) groups is 1. The van der Waals surface area contributed by atoms with E-state index in [2.05, 4.69) is 10.3 Å². The van der Waals surface area contributed by atoms with Crippen molar-refractivity contribution in [3.63, 3.8) is 0 Å². The van der Waals surface area contributed by atoms with E-state index >= 15 is 0 Å². The maximum Gasteiger partial charge on any atom is 0.349 e. The number of hydrogen-bond donors (Lipinski definition) is 1. The summed E-state index contributed by atoms with van der Waals surface area (Å²) >= 11 is 0. The van der Waals surface area contributed by atoms with Crippen LogP contribution in [0.5, 0.6) is 11.6 Å².